The molecule has 0 saturated carbocycles. The van der Waals surface area contributed by atoms with Crippen LogP contribution in [0.5, 0.6) is 0 Å². The summed E-state index contributed by atoms with van der Waals surface area (Å²) in [6.07, 6.45) is -0.491. The van der Waals surface area contributed by atoms with Gasteiger partial charge < -0.3 is 9.84 Å². The highest BCUT2D eigenvalue weighted by Crippen LogP contribution is 2.19. The van der Waals surface area contributed by atoms with Gasteiger partial charge in [-0.15, -0.1) is 0 Å². The van der Waals surface area contributed by atoms with E-state index in [9.17, 15) is 13.2 Å². The number of hydrogen-bond acceptors (Lipinski definition) is 5. The van der Waals surface area contributed by atoms with Gasteiger partial charge in [0.2, 0.25) is 10.0 Å². The van der Waals surface area contributed by atoms with Crippen LogP contribution in [0.4, 0.5) is 0 Å². The Hall–Kier alpha value is -1.28. The second-order valence-corrected chi connectivity index (χ2v) is 6.56. The van der Waals surface area contributed by atoms with Crippen LogP contribution in [0.15, 0.2) is 29.2 Å². The molecule has 1 aliphatic rings. The van der Waals surface area contributed by atoms with E-state index in [0.717, 1.165) is 0 Å². The molecule has 0 aromatic heterocycles. The summed E-state index contributed by atoms with van der Waals surface area (Å²) in [5.74, 6) is -0.110. The van der Waals surface area contributed by atoms with Crippen molar-refractivity contribution >= 4 is 15.8 Å². The molecule has 0 aliphatic carbocycles. The highest BCUT2D eigenvalue weighted by molar-refractivity contribution is 7.89. The Balaban J connectivity index is 2.23. The molecule has 7 heteroatoms. The number of carbonyl (C=O) groups is 1. The smallest absolute Gasteiger partial charge is 0.243 e. The van der Waals surface area contributed by atoms with E-state index in [1.165, 1.54) is 35.5 Å². The Bertz CT molecular complexity index is 581. The Morgan fingerprint density at radius 2 is 2.05 bits per heavy atom. The number of nitrogens with zero attached hydrogens (tertiary/aromatic N) is 1. The second-order valence-electron chi connectivity index (χ2n) is 4.62. The normalized spacial score (nSPS) is 20.8. The van der Waals surface area contributed by atoms with Crippen molar-refractivity contribution in [3.63, 3.8) is 0 Å². The van der Waals surface area contributed by atoms with Gasteiger partial charge in [-0.25, -0.2) is 8.42 Å². The number of morpholine rings is 1. The molecule has 110 valence electrons. The molecule has 0 radical (unpaired) electrons. The zero-order valence-corrected chi connectivity index (χ0v) is 12.0. The number of carbonyl (C=O) groups excluding carboxylic acids is 1. The third-order valence-electron chi connectivity index (χ3n) is 3.20. The van der Waals surface area contributed by atoms with Crippen LogP contribution in [0.1, 0.15) is 17.3 Å². The van der Waals surface area contributed by atoms with Crippen LogP contribution >= 0.6 is 0 Å². The summed E-state index contributed by atoms with van der Waals surface area (Å²) in [5, 5.41) is 9.06. The van der Waals surface area contributed by atoms with Gasteiger partial charge in [0.15, 0.2) is 5.78 Å². The van der Waals surface area contributed by atoms with Crippen molar-refractivity contribution in [2.45, 2.75) is 17.9 Å². The van der Waals surface area contributed by atoms with Crippen LogP contribution in [0.25, 0.3) is 0 Å². The van der Waals surface area contributed by atoms with Gasteiger partial charge in [-0.1, -0.05) is 12.1 Å². The maximum absolute atomic E-state index is 12.4. The molecule has 6 nitrogen and oxygen atoms in total. The fourth-order valence-electron chi connectivity index (χ4n) is 2.03. The van der Waals surface area contributed by atoms with Gasteiger partial charge in [0.05, 0.1) is 24.2 Å². The average Bonchev–Trinajstić information content (AvgIpc) is 2.47. The molecule has 1 aromatic carbocycles. The van der Waals surface area contributed by atoms with E-state index in [1.54, 1.807) is 0 Å². The number of benzene rings is 1. The fraction of sp³-hybridized carbons (Fsp3) is 0.462. The lowest BCUT2D eigenvalue weighted by atomic mass is 10.2. The van der Waals surface area contributed by atoms with Crippen molar-refractivity contribution in [3.05, 3.63) is 29.8 Å². The van der Waals surface area contributed by atoms with Crippen molar-refractivity contribution < 1.29 is 23.1 Å². The quantitative estimate of drug-likeness (QED) is 0.807. The first kappa shape index (κ1) is 15.1. The minimum absolute atomic E-state index is 0.110. The summed E-state index contributed by atoms with van der Waals surface area (Å²) < 4.78 is 31.4. The van der Waals surface area contributed by atoms with E-state index < -0.39 is 16.1 Å². The van der Waals surface area contributed by atoms with E-state index in [1.807, 2.05) is 0 Å². The molecule has 0 bridgehead atoms. The molecule has 1 fully saturated rings. The van der Waals surface area contributed by atoms with E-state index in [-0.39, 0.29) is 37.0 Å². The minimum Gasteiger partial charge on any atom is -0.394 e. The van der Waals surface area contributed by atoms with Gasteiger partial charge >= 0.3 is 0 Å². The lowest BCUT2D eigenvalue weighted by Crippen LogP contribution is -2.46. The largest absolute Gasteiger partial charge is 0.394 e. The molecule has 0 spiro atoms. The number of Topliss-reactive ketones (excluding diaryl/α,β-unsaturated/α-hetero) is 1. The number of rotatable bonds is 4. The zero-order chi connectivity index (χ0) is 14.8. The molecule has 1 saturated heterocycles. The summed E-state index contributed by atoms with van der Waals surface area (Å²) in [6.45, 7) is 1.86. The van der Waals surface area contributed by atoms with Crippen LogP contribution in [0, 0.1) is 0 Å². The molecule has 1 unspecified atom stereocenters. The Morgan fingerprint density at radius 3 is 2.60 bits per heavy atom. The van der Waals surface area contributed by atoms with Crippen molar-refractivity contribution in [2.24, 2.45) is 0 Å². The minimum atomic E-state index is -3.62. The predicted octanol–water partition coefficient (Wildman–Crippen LogP) is 0.271. The average molecular weight is 299 g/mol. The van der Waals surface area contributed by atoms with Gasteiger partial charge in [-0.3, -0.25) is 4.79 Å². The van der Waals surface area contributed by atoms with Crippen molar-refractivity contribution in [1.29, 1.82) is 0 Å². The molecule has 1 aromatic rings. The molecule has 0 amide bonds. The topological polar surface area (TPSA) is 83.9 Å². The third kappa shape index (κ3) is 3.06. The number of ketones is 1. The number of sulfonamides is 1. The molecule has 1 heterocycles. The van der Waals surface area contributed by atoms with Crippen molar-refractivity contribution in [3.8, 4) is 0 Å². The Morgan fingerprint density at radius 1 is 1.40 bits per heavy atom. The maximum Gasteiger partial charge on any atom is 0.243 e. The van der Waals surface area contributed by atoms with E-state index in [4.69, 9.17) is 9.84 Å². The van der Waals surface area contributed by atoms with Crippen LogP contribution in [0.3, 0.4) is 0 Å². The second kappa shape index (κ2) is 6.01. The summed E-state index contributed by atoms with van der Waals surface area (Å²) in [7, 11) is -3.62. The predicted molar refractivity (Wildman–Crippen MR) is 72.0 cm³/mol. The SMILES string of the molecule is CC(=O)c1ccc(S(=O)(=O)N2CCOC(CO)C2)cc1. The molecular weight excluding hydrogens is 282 g/mol. The molecular formula is C13H17NO5S. The van der Waals surface area contributed by atoms with Crippen LogP contribution in [-0.2, 0) is 14.8 Å². The van der Waals surface area contributed by atoms with Crippen molar-refractivity contribution in [1.82, 2.24) is 4.31 Å². The number of aliphatic hydroxyl groups is 1. The van der Waals surface area contributed by atoms with E-state index in [0.29, 0.717) is 5.56 Å². The van der Waals surface area contributed by atoms with E-state index >= 15 is 0 Å². The monoisotopic (exact) mass is 299 g/mol. The first-order valence-corrected chi connectivity index (χ1v) is 7.73. The zero-order valence-electron chi connectivity index (χ0n) is 11.2. The van der Waals surface area contributed by atoms with Gasteiger partial charge in [0.1, 0.15) is 0 Å². The Kier molecular flexibility index (Phi) is 4.54. The lowest BCUT2D eigenvalue weighted by Gasteiger charge is -2.31. The molecule has 1 aliphatic heterocycles. The van der Waals surface area contributed by atoms with Crippen LogP contribution in [-0.4, -0.2) is 56.0 Å². The first-order valence-electron chi connectivity index (χ1n) is 6.29. The molecule has 1 N–H and O–H groups in total. The summed E-state index contributed by atoms with van der Waals surface area (Å²) in [6, 6.07) is 5.85. The number of ether oxygens (including phenoxy) is 1. The summed E-state index contributed by atoms with van der Waals surface area (Å²) in [5.41, 5.74) is 0.471. The van der Waals surface area contributed by atoms with Gasteiger partial charge in [-0.2, -0.15) is 4.31 Å². The number of hydrogen-bond donors (Lipinski definition) is 1. The maximum atomic E-state index is 12.4. The molecule has 20 heavy (non-hydrogen) atoms. The fourth-order valence-corrected chi connectivity index (χ4v) is 3.49. The van der Waals surface area contributed by atoms with Crippen LogP contribution < -0.4 is 0 Å². The van der Waals surface area contributed by atoms with Crippen molar-refractivity contribution in [2.75, 3.05) is 26.3 Å². The standard InChI is InChI=1S/C13H17NO5S/c1-10(16)11-2-4-13(5-3-11)20(17,18)14-6-7-19-12(8-14)9-15/h2-5,12,15H,6-9H2,1H3. The van der Waals surface area contributed by atoms with Crippen LogP contribution in [0.2, 0.25) is 0 Å². The number of aliphatic hydroxyl groups excluding tert-OH is 1. The molecule has 2 rings (SSSR count). The van der Waals surface area contributed by atoms with Gasteiger partial charge in [-0.05, 0) is 19.1 Å². The highest BCUT2D eigenvalue weighted by atomic mass is 32.2. The first-order chi connectivity index (χ1) is 9.45. The van der Waals surface area contributed by atoms with Gasteiger partial charge in [0, 0.05) is 18.7 Å². The third-order valence-corrected chi connectivity index (χ3v) is 5.08. The summed E-state index contributed by atoms with van der Waals surface area (Å²) >= 11 is 0. The molecule has 1 atom stereocenters. The highest BCUT2D eigenvalue weighted by Gasteiger charge is 2.30. The Labute approximate surface area is 118 Å². The lowest BCUT2D eigenvalue weighted by molar-refractivity contribution is -0.0304. The summed E-state index contributed by atoms with van der Waals surface area (Å²) in [4.78, 5) is 11.3. The van der Waals surface area contributed by atoms with Gasteiger partial charge in [0.25, 0.3) is 0 Å². The van der Waals surface area contributed by atoms with E-state index in [2.05, 4.69) is 0 Å².